The number of hydrogen-bond donors (Lipinski definition) is 2. The number of carboxylic acid groups (broad SMARTS) is 1. The molecule has 7 nitrogen and oxygen atoms in total. The molecule has 1 aromatic carbocycles. The van der Waals surface area contributed by atoms with Gasteiger partial charge >= 0.3 is 5.97 Å². The number of rotatable bonds is 6. The fraction of sp³-hybridized carbons (Fsp3) is 0.286. The first-order valence-corrected chi connectivity index (χ1v) is 6.33. The third kappa shape index (κ3) is 3.44. The predicted octanol–water partition coefficient (Wildman–Crippen LogP) is 1.12. The fourth-order valence-corrected chi connectivity index (χ4v) is 1.94. The number of aliphatic carboxylic acids is 1. The highest BCUT2D eigenvalue weighted by atomic mass is 16.5. The summed E-state index contributed by atoms with van der Waals surface area (Å²) >= 11 is 0. The van der Waals surface area contributed by atoms with Crippen molar-refractivity contribution in [1.29, 1.82) is 0 Å². The molecule has 0 bridgehead atoms. The van der Waals surface area contributed by atoms with Crippen LogP contribution < -0.4 is 5.32 Å². The Labute approximate surface area is 121 Å². The highest BCUT2D eigenvalue weighted by Crippen LogP contribution is 2.27. The van der Waals surface area contributed by atoms with E-state index in [0.29, 0.717) is 11.4 Å². The molecule has 1 atom stereocenters. The zero-order valence-corrected chi connectivity index (χ0v) is 11.4. The summed E-state index contributed by atoms with van der Waals surface area (Å²) in [6, 6.07) is 8.67. The molecule has 1 aromatic heterocycles. The molecule has 0 aliphatic heterocycles. The first kappa shape index (κ1) is 14.7. The van der Waals surface area contributed by atoms with Crippen LogP contribution >= 0.6 is 0 Å². The number of hydrogen-bond acceptors (Lipinski definition) is 5. The van der Waals surface area contributed by atoms with Crippen LogP contribution in [-0.4, -0.2) is 27.1 Å². The molecule has 21 heavy (non-hydrogen) atoms. The first-order valence-electron chi connectivity index (χ1n) is 6.33. The predicted molar refractivity (Wildman–Crippen MR) is 72.2 cm³/mol. The van der Waals surface area contributed by atoms with Gasteiger partial charge in [0.15, 0.2) is 5.82 Å². The van der Waals surface area contributed by atoms with Crippen molar-refractivity contribution in [2.45, 2.75) is 25.3 Å². The summed E-state index contributed by atoms with van der Waals surface area (Å²) < 4.78 is 4.55. The lowest BCUT2D eigenvalue weighted by molar-refractivity contribution is -0.145. The van der Waals surface area contributed by atoms with Crippen LogP contribution in [-0.2, 0) is 21.5 Å². The molecule has 0 aliphatic rings. The van der Waals surface area contributed by atoms with Crippen molar-refractivity contribution in [1.82, 2.24) is 15.5 Å². The van der Waals surface area contributed by atoms with Gasteiger partial charge in [-0.1, -0.05) is 35.5 Å². The number of nitrogens with one attached hydrogen (secondary N) is 1. The lowest BCUT2D eigenvalue weighted by Crippen LogP contribution is -2.38. The molecule has 1 heterocycles. The molecule has 1 amide bonds. The Balaban J connectivity index is 2.06. The monoisotopic (exact) mass is 289 g/mol. The zero-order valence-electron chi connectivity index (χ0n) is 11.4. The second-order valence-electron chi connectivity index (χ2n) is 4.80. The SMILES string of the molecule is CC(CC(=O)NCc1ncon1)(C(=O)O)c1ccccc1. The number of carbonyl (C=O) groups is 2. The van der Waals surface area contributed by atoms with Gasteiger partial charge in [-0.2, -0.15) is 4.98 Å². The summed E-state index contributed by atoms with van der Waals surface area (Å²) in [4.78, 5) is 27.3. The van der Waals surface area contributed by atoms with Crippen LogP contribution in [0.2, 0.25) is 0 Å². The number of nitrogens with zero attached hydrogens (tertiary/aromatic N) is 2. The van der Waals surface area contributed by atoms with Crippen molar-refractivity contribution in [3.05, 3.63) is 48.1 Å². The normalized spacial score (nSPS) is 13.4. The van der Waals surface area contributed by atoms with Crippen molar-refractivity contribution in [3.8, 4) is 0 Å². The Morgan fingerprint density at radius 3 is 2.62 bits per heavy atom. The van der Waals surface area contributed by atoms with E-state index >= 15 is 0 Å². The van der Waals surface area contributed by atoms with Crippen molar-refractivity contribution in [2.75, 3.05) is 0 Å². The average Bonchev–Trinajstić information content (AvgIpc) is 2.99. The van der Waals surface area contributed by atoms with Gasteiger partial charge in [-0.05, 0) is 12.5 Å². The van der Waals surface area contributed by atoms with Gasteiger partial charge in [0, 0.05) is 6.42 Å². The molecule has 7 heteroatoms. The minimum atomic E-state index is -1.29. The van der Waals surface area contributed by atoms with Crippen molar-refractivity contribution in [2.24, 2.45) is 0 Å². The van der Waals surface area contributed by atoms with Crippen LogP contribution in [0.5, 0.6) is 0 Å². The highest BCUT2D eigenvalue weighted by molar-refractivity contribution is 5.89. The van der Waals surface area contributed by atoms with Crippen LogP contribution in [0, 0.1) is 0 Å². The second-order valence-corrected chi connectivity index (χ2v) is 4.80. The Hall–Kier alpha value is -2.70. The standard InChI is InChI=1S/C14H15N3O4/c1-14(13(19)20,10-5-3-2-4-6-10)7-12(18)15-8-11-16-9-21-17-11/h2-6,9H,7-8H2,1H3,(H,15,18)(H,19,20). The summed E-state index contributed by atoms with van der Waals surface area (Å²) in [6.45, 7) is 1.62. The van der Waals surface area contributed by atoms with E-state index in [1.54, 1.807) is 30.3 Å². The largest absolute Gasteiger partial charge is 0.481 e. The summed E-state index contributed by atoms with van der Waals surface area (Å²) in [7, 11) is 0. The maximum absolute atomic E-state index is 12.0. The quantitative estimate of drug-likeness (QED) is 0.825. The minimum Gasteiger partial charge on any atom is -0.481 e. The molecular formula is C14H15N3O4. The second kappa shape index (κ2) is 6.17. The molecule has 2 aromatic rings. The Bertz CT molecular complexity index is 612. The van der Waals surface area contributed by atoms with Gasteiger partial charge < -0.3 is 14.9 Å². The molecule has 2 N–H and O–H groups in total. The van der Waals surface area contributed by atoms with Crippen LogP contribution in [0.1, 0.15) is 24.7 Å². The molecule has 0 radical (unpaired) electrons. The van der Waals surface area contributed by atoms with Crippen LogP contribution in [0.4, 0.5) is 0 Å². The summed E-state index contributed by atoms with van der Waals surface area (Å²) in [5.41, 5.74) is -0.713. The molecule has 0 saturated heterocycles. The Kier molecular flexibility index (Phi) is 4.32. The summed E-state index contributed by atoms with van der Waals surface area (Å²) in [5.74, 6) is -1.11. The Morgan fingerprint density at radius 1 is 1.33 bits per heavy atom. The maximum Gasteiger partial charge on any atom is 0.314 e. The van der Waals surface area contributed by atoms with E-state index < -0.39 is 17.3 Å². The van der Waals surface area contributed by atoms with Crippen LogP contribution in [0.3, 0.4) is 0 Å². The fourth-order valence-electron chi connectivity index (χ4n) is 1.94. The number of aromatic nitrogens is 2. The maximum atomic E-state index is 12.0. The number of carboxylic acids is 1. The summed E-state index contributed by atoms with van der Waals surface area (Å²) in [5, 5.41) is 15.6. The zero-order chi connectivity index (χ0) is 15.3. The van der Waals surface area contributed by atoms with Gasteiger partial charge in [0.1, 0.15) is 0 Å². The van der Waals surface area contributed by atoms with Gasteiger partial charge in [-0.3, -0.25) is 9.59 Å². The Morgan fingerprint density at radius 2 is 2.05 bits per heavy atom. The molecule has 0 spiro atoms. The van der Waals surface area contributed by atoms with Crippen molar-refractivity contribution < 1.29 is 19.2 Å². The lowest BCUT2D eigenvalue weighted by Gasteiger charge is -2.24. The van der Waals surface area contributed by atoms with E-state index in [2.05, 4.69) is 20.0 Å². The first-order chi connectivity index (χ1) is 10.0. The van der Waals surface area contributed by atoms with E-state index in [9.17, 15) is 14.7 Å². The van der Waals surface area contributed by atoms with Crippen molar-refractivity contribution >= 4 is 11.9 Å². The van der Waals surface area contributed by atoms with Gasteiger partial charge in [0.25, 0.3) is 0 Å². The molecule has 0 saturated carbocycles. The van der Waals surface area contributed by atoms with Gasteiger partial charge in [-0.15, -0.1) is 0 Å². The van der Waals surface area contributed by atoms with Gasteiger partial charge in [0.05, 0.1) is 12.0 Å². The van der Waals surface area contributed by atoms with E-state index in [1.807, 2.05) is 0 Å². The number of benzene rings is 1. The smallest absolute Gasteiger partial charge is 0.314 e. The molecule has 1 unspecified atom stereocenters. The van der Waals surface area contributed by atoms with E-state index in [0.717, 1.165) is 6.39 Å². The lowest BCUT2D eigenvalue weighted by atomic mass is 9.79. The topological polar surface area (TPSA) is 105 Å². The number of carbonyl (C=O) groups excluding carboxylic acids is 1. The highest BCUT2D eigenvalue weighted by Gasteiger charge is 2.37. The van der Waals surface area contributed by atoms with Gasteiger partial charge in [-0.25, -0.2) is 0 Å². The minimum absolute atomic E-state index is 0.0970. The summed E-state index contributed by atoms with van der Waals surface area (Å²) in [6.07, 6.45) is 0.983. The average molecular weight is 289 g/mol. The third-order valence-corrected chi connectivity index (χ3v) is 3.25. The van der Waals surface area contributed by atoms with Crippen LogP contribution in [0.15, 0.2) is 41.2 Å². The van der Waals surface area contributed by atoms with E-state index in [4.69, 9.17) is 0 Å². The third-order valence-electron chi connectivity index (χ3n) is 3.25. The van der Waals surface area contributed by atoms with Gasteiger partial charge in [0.2, 0.25) is 12.3 Å². The van der Waals surface area contributed by atoms with Crippen molar-refractivity contribution in [3.63, 3.8) is 0 Å². The molecule has 0 aliphatic carbocycles. The molecule has 0 fully saturated rings. The molecule has 2 rings (SSSR count). The number of amides is 1. The van der Waals surface area contributed by atoms with E-state index in [1.165, 1.54) is 6.92 Å². The van der Waals surface area contributed by atoms with Crippen LogP contribution in [0.25, 0.3) is 0 Å². The molecule has 110 valence electrons. The van der Waals surface area contributed by atoms with E-state index in [-0.39, 0.29) is 13.0 Å². The molecular weight excluding hydrogens is 274 g/mol.